The predicted molar refractivity (Wildman–Crippen MR) is 95.8 cm³/mol. The molecule has 0 radical (unpaired) electrons. The van der Waals surface area contributed by atoms with E-state index >= 15 is 0 Å². The number of halogens is 3. The molecule has 1 aromatic carbocycles. The SMILES string of the molecule is O=C(NC1CCC(Oc2ncc(F)cn2)CC1)c1ccccc1S(=O)(=O)C(F)F. The first-order valence-corrected chi connectivity index (χ1v) is 10.4. The van der Waals surface area contributed by atoms with Crippen LogP contribution in [0.3, 0.4) is 0 Å². The molecule has 2 aromatic rings. The number of sulfone groups is 1. The summed E-state index contributed by atoms with van der Waals surface area (Å²) in [7, 11) is -4.89. The van der Waals surface area contributed by atoms with E-state index in [4.69, 9.17) is 4.74 Å². The largest absolute Gasteiger partial charge is 0.460 e. The van der Waals surface area contributed by atoms with E-state index in [1.807, 2.05) is 0 Å². The number of amides is 1. The van der Waals surface area contributed by atoms with E-state index in [1.165, 1.54) is 18.2 Å². The summed E-state index contributed by atoms with van der Waals surface area (Å²) >= 11 is 0. The summed E-state index contributed by atoms with van der Waals surface area (Å²) in [6.07, 6.45) is 3.96. The minimum absolute atomic E-state index is 0.0602. The molecule has 1 N–H and O–H groups in total. The summed E-state index contributed by atoms with van der Waals surface area (Å²) in [4.78, 5) is 19.3. The van der Waals surface area contributed by atoms with Crippen molar-refractivity contribution in [2.75, 3.05) is 0 Å². The van der Waals surface area contributed by atoms with Crippen LogP contribution in [0, 0.1) is 5.82 Å². The molecule has 0 unspecified atom stereocenters. The van der Waals surface area contributed by atoms with Gasteiger partial charge in [0.15, 0.2) is 5.82 Å². The summed E-state index contributed by atoms with van der Waals surface area (Å²) in [5.74, 6) is -4.91. The summed E-state index contributed by atoms with van der Waals surface area (Å²) in [6, 6.07) is 4.68. The summed E-state index contributed by atoms with van der Waals surface area (Å²) in [5.41, 5.74) is -0.314. The van der Waals surface area contributed by atoms with Crippen LogP contribution in [0.25, 0.3) is 0 Å². The predicted octanol–water partition coefficient (Wildman–Crippen LogP) is 2.73. The van der Waals surface area contributed by atoms with Crippen molar-refractivity contribution in [2.45, 2.75) is 48.5 Å². The van der Waals surface area contributed by atoms with E-state index in [1.54, 1.807) is 0 Å². The Hall–Kier alpha value is -2.69. The molecule has 1 fully saturated rings. The van der Waals surface area contributed by atoms with Gasteiger partial charge in [0.1, 0.15) is 6.10 Å². The van der Waals surface area contributed by atoms with Crippen LogP contribution < -0.4 is 10.1 Å². The molecule has 29 heavy (non-hydrogen) atoms. The zero-order valence-corrected chi connectivity index (χ0v) is 15.9. The number of hydrogen-bond donors (Lipinski definition) is 1. The number of carbonyl (C=O) groups is 1. The molecule has 11 heteroatoms. The molecule has 0 bridgehead atoms. The number of hydrogen-bond acceptors (Lipinski definition) is 6. The van der Waals surface area contributed by atoms with Gasteiger partial charge < -0.3 is 10.1 Å². The van der Waals surface area contributed by atoms with Gasteiger partial charge >= 0.3 is 11.8 Å². The third-order valence-electron chi connectivity index (χ3n) is 4.55. The normalized spacial score (nSPS) is 19.7. The number of ether oxygens (including phenoxy) is 1. The van der Waals surface area contributed by atoms with Gasteiger partial charge in [-0.1, -0.05) is 12.1 Å². The Balaban J connectivity index is 1.60. The van der Waals surface area contributed by atoms with Crippen molar-refractivity contribution in [2.24, 2.45) is 0 Å². The molecule has 0 spiro atoms. The lowest BCUT2D eigenvalue weighted by Gasteiger charge is -2.29. The molecule has 0 atom stereocenters. The lowest BCUT2D eigenvalue weighted by Crippen LogP contribution is -2.40. The van der Waals surface area contributed by atoms with Crippen LogP contribution in [0.1, 0.15) is 36.0 Å². The second kappa shape index (κ2) is 8.76. The summed E-state index contributed by atoms with van der Waals surface area (Å²) < 4.78 is 67.8. The average molecular weight is 429 g/mol. The van der Waals surface area contributed by atoms with Crippen LogP contribution in [0.15, 0.2) is 41.6 Å². The number of carbonyl (C=O) groups excluding carboxylic acids is 1. The fourth-order valence-electron chi connectivity index (χ4n) is 3.10. The fraction of sp³-hybridized carbons (Fsp3) is 0.389. The highest BCUT2D eigenvalue weighted by Gasteiger charge is 2.32. The molecular formula is C18H18F3N3O4S. The lowest BCUT2D eigenvalue weighted by molar-refractivity contribution is 0.0881. The topological polar surface area (TPSA) is 98.2 Å². The highest BCUT2D eigenvalue weighted by molar-refractivity contribution is 7.91. The molecule has 1 heterocycles. The van der Waals surface area contributed by atoms with Crippen LogP contribution in [-0.4, -0.2) is 42.2 Å². The molecule has 1 saturated carbocycles. The van der Waals surface area contributed by atoms with Gasteiger partial charge in [0, 0.05) is 6.04 Å². The van der Waals surface area contributed by atoms with Crippen molar-refractivity contribution >= 4 is 15.7 Å². The number of nitrogens with zero attached hydrogens (tertiary/aromatic N) is 2. The first kappa shape index (κ1) is 21.0. The Morgan fingerprint density at radius 2 is 1.72 bits per heavy atom. The number of rotatable bonds is 6. The molecule has 1 aliphatic carbocycles. The number of aromatic nitrogens is 2. The Kier molecular flexibility index (Phi) is 6.36. The van der Waals surface area contributed by atoms with Crippen molar-refractivity contribution in [3.05, 3.63) is 48.0 Å². The van der Waals surface area contributed by atoms with Crippen molar-refractivity contribution in [3.8, 4) is 6.01 Å². The van der Waals surface area contributed by atoms with Crippen molar-refractivity contribution in [1.82, 2.24) is 15.3 Å². The third kappa shape index (κ3) is 5.03. The van der Waals surface area contributed by atoms with Crippen LogP contribution in [0.4, 0.5) is 13.2 Å². The molecule has 7 nitrogen and oxygen atoms in total. The van der Waals surface area contributed by atoms with Crippen LogP contribution >= 0.6 is 0 Å². The standard InChI is InChI=1S/C18H18F3N3O4S/c19-11-9-22-18(23-10-11)28-13-7-5-12(6-8-13)24-16(25)14-3-1-2-4-15(14)29(26,27)17(20)21/h1-4,9-10,12-13,17H,5-8H2,(H,24,25). The highest BCUT2D eigenvalue weighted by atomic mass is 32.2. The Morgan fingerprint density at radius 3 is 2.34 bits per heavy atom. The third-order valence-corrected chi connectivity index (χ3v) is 5.99. The zero-order chi connectivity index (χ0) is 21.0. The van der Waals surface area contributed by atoms with Gasteiger partial charge in [0.25, 0.3) is 5.91 Å². The van der Waals surface area contributed by atoms with E-state index in [-0.39, 0.29) is 23.7 Å². The highest BCUT2D eigenvalue weighted by Crippen LogP contribution is 2.25. The fourth-order valence-corrected chi connectivity index (χ4v) is 4.02. The molecule has 0 aliphatic heterocycles. The number of alkyl halides is 2. The van der Waals surface area contributed by atoms with Crippen LogP contribution in [0.5, 0.6) is 6.01 Å². The minimum Gasteiger partial charge on any atom is -0.460 e. The van der Waals surface area contributed by atoms with Gasteiger partial charge in [-0.25, -0.2) is 22.8 Å². The van der Waals surface area contributed by atoms with Gasteiger partial charge in [-0.05, 0) is 37.8 Å². The van der Waals surface area contributed by atoms with Crippen molar-refractivity contribution in [1.29, 1.82) is 0 Å². The zero-order valence-electron chi connectivity index (χ0n) is 15.1. The van der Waals surface area contributed by atoms with Crippen LogP contribution in [0.2, 0.25) is 0 Å². The first-order valence-electron chi connectivity index (χ1n) is 8.83. The van der Waals surface area contributed by atoms with E-state index < -0.39 is 32.2 Å². The first-order chi connectivity index (χ1) is 13.8. The maximum Gasteiger partial charge on any atom is 0.341 e. The maximum atomic E-state index is 12.9. The molecular weight excluding hydrogens is 411 g/mol. The molecule has 0 saturated heterocycles. The maximum absolute atomic E-state index is 12.9. The van der Waals surface area contributed by atoms with E-state index in [2.05, 4.69) is 15.3 Å². The second-order valence-corrected chi connectivity index (χ2v) is 8.44. The molecule has 156 valence electrons. The van der Waals surface area contributed by atoms with Crippen molar-refractivity contribution < 1.29 is 31.1 Å². The van der Waals surface area contributed by atoms with E-state index in [9.17, 15) is 26.4 Å². The smallest absolute Gasteiger partial charge is 0.341 e. The van der Waals surface area contributed by atoms with Crippen molar-refractivity contribution in [3.63, 3.8) is 0 Å². The monoisotopic (exact) mass is 429 g/mol. The molecule has 1 aromatic heterocycles. The van der Waals surface area contributed by atoms with Gasteiger partial charge in [-0.2, -0.15) is 8.78 Å². The second-order valence-electron chi connectivity index (χ2n) is 6.55. The van der Waals surface area contributed by atoms with Gasteiger partial charge in [-0.15, -0.1) is 0 Å². The Bertz CT molecular complexity index is 963. The number of benzene rings is 1. The number of nitrogens with one attached hydrogen (secondary N) is 1. The van der Waals surface area contributed by atoms with E-state index in [0.717, 1.165) is 18.5 Å². The van der Waals surface area contributed by atoms with E-state index in [0.29, 0.717) is 25.7 Å². The average Bonchev–Trinajstić information content (AvgIpc) is 2.71. The summed E-state index contributed by atoms with van der Waals surface area (Å²) in [5, 5.41) is 2.69. The lowest BCUT2D eigenvalue weighted by atomic mass is 9.92. The molecule has 1 amide bonds. The quantitative estimate of drug-likeness (QED) is 0.758. The van der Waals surface area contributed by atoms with Gasteiger partial charge in [0.05, 0.1) is 22.9 Å². The Morgan fingerprint density at radius 1 is 1.10 bits per heavy atom. The minimum atomic E-state index is -4.89. The van der Waals surface area contributed by atoms with Gasteiger partial charge in [-0.3, -0.25) is 4.79 Å². The van der Waals surface area contributed by atoms with Crippen LogP contribution in [-0.2, 0) is 9.84 Å². The molecule has 1 aliphatic rings. The Labute approximate surface area is 165 Å². The van der Waals surface area contributed by atoms with Gasteiger partial charge in [0.2, 0.25) is 9.84 Å². The molecule has 3 rings (SSSR count). The summed E-state index contributed by atoms with van der Waals surface area (Å²) in [6.45, 7) is 0.